The minimum absolute atomic E-state index is 0.0754. The Hall–Kier alpha value is -0.600. The van der Waals surface area contributed by atoms with Crippen molar-refractivity contribution in [3.05, 3.63) is 25.3 Å². The van der Waals surface area contributed by atoms with E-state index >= 15 is 0 Å². The van der Waals surface area contributed by atoms with Crippen LogP contribution in [0.2, 0.25) is 0 Å². The first-order chi connectivity index (χ1) is 6.20. The molecule has 0 aliphatic heterocycles. The molecule has 0 amide bonds. The molecule has 0 spiro atoms. The van der Waals surface area contributed by atoms with Crippen LogP contribution in [0.1, 0.15) is 19.3 Å². The second-order valence-corrected chi connectivity index (χ2v) is 3.99. The van der Waals surface area contributed by atoms with Crippen molar-refractivity contribution >= 4 is 0 Å². The molecule has 0 bridgehead atoms. The predicted octanol–water partition coefficient (Wildman–Crippen LogP) is 1.54. The van der Waals surface area contributed by atoms with Gasteiger partial charge >= 0.3 is 0 Å². The fourth-order valence-electron chi connectivity index (χ4n) is 1.80. The van der Waals surface area contributed by atoms with Gasteiger partial charge in [-0.2, -0.15) is 0 Å². The Bertz CT molecular complexity index is 173. The summed E-state index contributed by atoms with van der Waals surface area (Å²) in [6.07, 6.45) is 7.46. The van der Waals surface area contributed by atoms with Crippen LogP contribution in [0.5, 0.6) is 0 Å². The zero-order chi connectivity index (χ0) is 9.73. The first-order valence-corrected chi connectivity index (χ1v) is 4.93. The van der Waals surface area contributed by atoms with Crippen LogP contribution >= 0.6 is 0 Å². The van der Waals surface area contributed by atoms with Crippen molar-refractivity contribution in [1.82, 2.24) is 4.90 Å². The maximum Gasteiger partial charge on any atom is 0.0283 e. The molecule has 1 aliphatic rings. The lowest BCUT2D eigenvalue weighted by atomic mass is 9.77. The fraction of sp³-hybridized carbons (Fsp3) is 0.636. The standard InChI is InChI=1S/C11H20N2/c1-3-8-13(9-4-2)10-11(12)6-5-7-11/h3-4H,1-2,5-10,12H2. The van der Waals surface area contributed by atoms with Gasteiger partial charge in [0.2, 0.25) is 0 Å². The van der Waals surface area contributed by atoms with E-state index in [0.29, 0.717) is 0 Å². The summed E-state index contributed by atoms with van der Waals surface area (Å²) < 4.78 is 0. The summed E-state index contributed by atoms with van der Waals surface area (Å²) in [5.74, 6) is 0. The molecule has 0 aromatic carbocycles. The Balaban J connectivity index is 2.35. The molecule has 0 heterocycles. The predicted molar refractivity (Wildman–Crippen MR) is 57.6 cm³/mol. The average molecular weight is 180 g/mol. The molecular weight excluding hydrogens is 160 g/mol. The number of rotatable bonds is 6. The molecule has 2 nitrogen and oxygen atoms in total. The van der Waals surface area contributed by atoms with Crippen molar-refractivity contribution in [3.8, 4) is 0 Å². The van der Waals surface area contributed by atoms with Crippen molar-refractivity contribution in [2.24, 2.45) is 5.73 Å². The Labute approximate surface area is 81.1 Å². The quantitative estimate of drug-likeness (QED) is 0.628. The second kappa shape index (κ2) is 4.58. The molecule has 0 atom stereocenters. The molecule has 13 heavy (non-hydrogen) atoms. The fourth-order valence-corrected chi connectivity index (χ4v) is 1.80. The van der Waals surface area contributed by atoms with Crippen LogP contribution in [-0.2, 0) is 0 Å². The van der Waals surface area contributed by atoms with Crippen LogP contribution in [0, 0.1) is 0 Å². The van der Waals surface area contributed by atoms with Crippen LogP contribution in [0.4, 0.5) is 0 Å². The van der Waals surface area contributed by atoms with Gasteiger partial charge in [-0.3, -0.25) is 4.90 Å². The third-order valence-corrected chi connectivity index (χ3v) is 2.66. The topological polar surface area (TPSA) is 29.3 Å². The van der Waals surface area contributed by atoms with Gasteiger partial charge in [-0.25, -0.2) is 0 Å². The van der Waals surface area contributed by atoms with E-state index in [4.69, 9.17) is 5.73 Å². The Kier molecular flexibility index (Phi) is 3.70. The van der Waals surface area contributed by atoms with Crippen LogP contribution in [0.3, 0.4) is 0 Å². The van der Waals surface area contributed by atoms with Gasteiger partial charge in [0, 0.05) is 25.2 Å². The molecule has 2 N–H and O–H groups in total. The van der Waals surface area contributed by atoms with Crippen molar-refractivity contribution in [3.63, 3.8) is 0 Å². The number of nitrogens with zero attached hydrogens (tertiary/aromatic N) is 1. The van der Waals surface area contributed by atoms with Crippen molar-refractivity contribution in [2.75, 3.05) is 19.6 Å². The SMILES string of the molecule is C=CCN(CC=C)CC1(N)CCC1. The monoisotopic (exact) mass is 180 g/mol. The average Bonchev–Trinajstić information content (AvgIpc) is 2.02. The first-order valence-electron chi connectivity index (χ1n) is 4.93. The Morgan fingerprint density at radius 2 is 1.77 bits per heavy atom. The third-order valence-electron chi connectivity index (χ3n) is 2.66. The summed E-state index contributed by atoms with van der Waals surface area (Å²) in [7, 11) is 0. The normalized spacial score (nSPS) is 19.5. The molecule has 0 saturated heterocycles. The second-order valence-electron chi connectivity index (χ2n) is 3.99. The summed E-state index contributed by atoms with van der Waals surface area (Å²) in [6, 6.07) is 0. The van der Waals surface area contributed by atoms with Gasteiger partial charge in [0.05, 0.1) is 0 Å². The minimum atomic E-state index is 0.0754. The summed E-state index contributed by atoms with van der Waals surface area (Å²) >= 11 is 0. The maximum absolute atomic E-state index is 6.15. The van der Waals surface area contributed by atoms with Gasteiger partial charge in [-0.05, 0) is 19.3 Å². The molecule has 1 aliphatic carbocycles. The Morgan fingerprint density at radius 3 is 2.08 bits per heavy atom. The number of hydrogen-bond donors (Lipinski definition) is 1. The smallest absolute Gasteiger partial charge is 0.0283 e. The van der Waals surface area contributed by atoms with E-state index in [9.17, 15) is 0 Å². The highest BCUT2D eigenvalue weighted by molar-refractivity contribution is 4.96. The van der Waals surface area contributed by atoms with Gasteiger partial charge in [0.15, 0.2) is 0 Å². The molecule has 0 aromatic heterocycles. The zero-order valence-corrected chi connectivity index (χ0v) is 8.34. The van der Waals surface area contributed by atoms with Gasteiger partial charge in [-0.15, -0.1) is 13.2 Å². The zero-order valence-electron chi connectivity index (χ0n) is 8.34. The largest absolute Gasteiger partial charge is 0.324 e. The number of hydrogen-bond acceptors (Lipinski definition) is 2. The molecule has 1 saturated carbocycles. The van der Waals surface area contributed by atoms with E-state index in [1.807, 2.05) is 12.2 Å². The van der Waals surface area contributed by atoms with E-state index in [-0.39, 0.29) is 5.54 Å². The van der Waals surface area contributed by atoms with Crippen LogP contribution in [0.25, 0.3) is 0 Å². The van der Waals surface area contributed by atoms with E-state index < -0.39 is 0 Å². The third kappa shape index (κ3) is 2.98. The van der Waals surface area contributed by atoms with E-state index in [1.54, 1.807) is 0 Å². The molecule has 0 radical (unpaired) electrons. The van der Waals surface area contributed by atoms with Crippen molar-refractivity contribution in [1.29, 1.82) is 0 Å². The molecule has 2 heteroatoms. The Morgan fingerprint density at radius 1 is 1.23 bits per heavy atom. The highest BCUT2D eigenvalue weighted by Gasteiger charge is 2.33. The maximum atomic E-state index is 6.15. The summed E-state index contributed by atoms with van der Waals surface area (Å²) in [6.45, 7) is 10.3. The molecule has 0 unspecified atom stereocenters. The van der Waals surface area contributed by atoms with Gasteiger partial charge < -0.3 is 5.73 Å². The first kappa shape index (κ1) is 10.5. The highest BCUT2D eigenvalue weighted by atomic mass is 15.1. The minimum Gasteiger partial charge on any atom is -0.324 e. The molecule has 74 valence electrons. The molecule has 1 rings (SSSR count). The lowest BCUT2D eigenvalue weighted by Gasteiger charge is -2.41. The number of nitrogens with two attached hydrogens (primary N) is 1. The molecule has 0 aromatic rings. The van der Waals surface area contributed by atoms with E-state index in [0.717, 1.165) is 32.5 Å². The van der Waals surface area contributed by atoms with Gasteiger partial charge in [-0.1, -0.05) is 12.2 Å². The van der Waals surface area contributed by atoms with Crippen LogP contribution in [0.15, 0.2) is 25.3 Å². The van der Waals surface area contributed by atoms with E-state index in [2.05, 4.69) is 18.1 Å². The van der Waals surface area contributed by atoms with Crippen molar-refractivity contribution < 1.29 is 0 Å². The highest BCUT2D eigenvalue weighted by Crippen LogP contribution is 2.29. The van der Waals surface area contributed by atoms with E-state index in [1.165, 1.54) is 6.42 Å². The lowest BCUT2D eigenvalue weighted by Crippen LogP contribution is -2.55. The summed E-state index contributed by atoms with van der Waals surface area (Å²) in [5, 5.41) is 0. The summed E-state index contributed by atoms with van der Waals surface area (Å²) in [4.78, 5) is 2.29. The lowest BCUT2D eigenvalue weighted by molar-refractivity contribution is 0.164. The molecular formula is C11H20N2. The van der Waals surface area contributed by atoms with Crippen molar-refractivity contribution in [2.45, 2.75) is 24.8 Å². The molecule has 1 fully saturated rings. The van der Waals surface area contributed by atoms with Gasteiger partial charge in [0.25, 0.3) is 0 Å². The summed E-state index contributed by atoms with van der Waals surface area (Å²) in [5.41, 5.74) is 6.23. The van der Waals surface area contributed by atoms with Crippen LogP contribution < -0.4 is 5.73 Å². The van der Waals surface area contributed by atoms with Gasteiger partial charge in [0.1, 0.15) is 0 Å². The van der Waals surface area contributed by atoms with Crippen LogP contribution in [-0.4, -0.2) is 30.1 Å².